The highest BCUT2D eigenvalue weighted by atomic mass is 35.5. The van der Waals surface area contributed by atoms with E-state index in [-0.39, 0.29) is 5.92 Å². The number of carbonyl (C=O) groups is 1. The van der Waals surface area contributed by atoms with E-state index < -0.39 is 11.3 Å². The van der Waals surface area contributed by atoms with Gasteiger partial charge in [0.15, 0.2) is 0 Å². The lowest BCUT2D eigenvalue weighted by molar-refractivity contribution is -0.137. The number of halogens is 1. The van der Waals surface area contributed by atoms with Gasteiger partial charge in [0.1, 0.15) is 5.38 Å². The van der Waals surface area contributed by atoms with Crippen molar-refractivity contribution in [2.24, 2.45) is 17.8 Å². The number of hydrogen-bond donors (Lipinski definition) is 1. The lowest BCUT2D eigenvalue weighted by Gasteiger charge is -2.16. The zero-order valence-electron chi connectivity index (χ0n) is 11.6. The van der Waals surface area contributed by atoms with E-state index in [0.29, 0.717) is 0 Å². The lowest BCUT2D eigenvalue weighted by Crippen LogP contribution is -2.21. The number of rotatable bonds is 9. The Morgan fingerprint density at radius 1 is 1.06 bits per heavy atom. The molecular formula is C14H27ClO2. The van der Waals surface area contributed by atoms with Crippen LogP contribution in [-0.2, 0) is 4.79 Å². The van der Waals surface area contributed by atoms with Gasteiger partial charge < -0.3 is 5.11 Å². The molecule has 2 nitrogen and oxygen atoms in total. The molecule has 0 aromatic heterocycles. The van der Waals surface area contributed by atoms with Crippen LogP contribution in [0.15, 0.2) is 0 Å². The number of carboxylic acid groups (broad SMARTS) is 1. The molecule has 0 heterocycles. The Balaban J connectivity index is 3.65. The first-order chi connectivity index (χ1) is 7.84. The standard InChI is InChI=1S/C14H27ClO2/c1-10(2)8-9-11(3)6-5-7-12(4)13(15)14(16)17/h10-13H,5-9H2,1-4H3,(H,16,17). The zero-order chi connectivity index (χ0) is 13.4. The second-order valence-electron chi connectivity index (χ2n) is 5.72. The summed E-state index contributed by atoms with van der Waals surface area (Å²) in [5.41, 5.74) is 0. The van der Waals surface area contributed by atoms with Crippen molar-refractivity contribution in [3.05, 3.63) is 0 Å². The van der Waals surface area contributed by atoms with Gasteiger partial charge in [0.05, 0.1) is 0 Å². The molecule has 0 spiro atoms. The molecule has 0 saturated heterocycles. The Hall–Kier alpha value is -0.240. The fraction of sp³-hybridized carbons (Fsp3) is 0.929. The topological polar surface area (TPSA) is 37.3 Å². The van der Waals surface area contributed by atoms with Crippen LogP contribution in [0, 0.1) is 17.8 Å². The highest BCUT2D eigenvalue weighted by Crippen LogP contribution is 2.22. The summed E-state index contributed by atoms with van der Waals surface area (Å²) in [6.45, 7) is 8.70. The monoisotopic (exact) mass is 262 g/mol. The first kappa shape index (κ1) is 16.8. The third-order valence-corrected chi connectivity index (χ3v) is 3.95. The Labute approximate surface area is 111 Å². The molecule has 0 aromatic carbocycles. The van der Waals surface area contributed by atoms with Crippen molar-refractivity contribution >= 4 is 17.6 Å². The highest BCUT2D eigenvalue weighted by Gasteiger charge is 2.21. The molecule has 102 valence electrons. The first-order valence-electron chi connectivity index (χ1n) is 6.71. The third-order valence-electron chi connectivity index (χ3n) is 3.33. The van der Waals surface area contributed by atoms with E-state index in [9.17, 15) is 4.79 Å². The van der Waals surface area contributed by atoms with Gasteiger partial charge >= 0.3 is 5.97 Å². The second kappa shape index (κ2) is 8.79. The largest absolute Gasteiger partial charge is 0.480 e. The molecule has 0 amide bonds. The van der Waals surface area contributed by atoms with Gasteiger partial charge in [-0.25, -0.2) is 0 Å². The predicted molar refractivity (Wildman–Crippen MR) is 73.5 cm³/mol. The molecule has 0 aromatic rings. The summed E-state index contributed by atoms with van der Waals surface area (Å²) in [6.07, 6.45) is 5.73. The molecule has 17 heavy (non-hydrogen) atoms. The van der Waals surface area contributed by atoms with E-state index in [2.05, 4.69) is 20.8 Å². The van der Waals surface area contributed by atoms with Crippen LogP contribution in [0.3, 0.4) is 0 Å². The van der Waals surface area contributed by atoms with Crippen LogP contribution < -0.4 is 0 Å². The van der Waals surface area contributed by atoms with Crippen molar-refractivity contribution < 1.29 is 9.90 Å². The van der Waals surface area contributed by atoms with Crippen molar-refractivity contribution in [1.29, 1.82) is 0 Å². The van der Waals surface area contributed by atoms with Crippen LogP contribution in [0.1, 0.15) is 59.8 Å². The Bertz CT molecular complexity index is 216. The van der Waals surface area contributed by atoms with Crippen LogP contribution in [-0.4, -0.2) is 16.5 Å². The van der Waals surface area contributed by atoms with Gasteiger partial charge in [0.25, 0.3) is 0 Å². The van der Waals surface area contributed by atoms with Crippen molar-refractivity contribution in [2.75, 3.05) is 0 Å². The normalized spacial score (nSPS) is 16.8. The van der Waals surface area contributed by atoms with Crippen LogP contribution in [0.4, 0.5) is 0 Å². The Morgan fingerprint density at radius 3 is 2.12 bits per heavy atom. The minimum absolute atomic E-state index is 0.0615. The maximum atomic E-state index is 10.7. The van der Waals surface area contributed by atoms with Gasteiger partial charge in [0, 0.05) is 0 Å². The van der Waals surface area contributed by atoms with Crippen LogP contribution in [0.2, 0.25) is 0 Å². The molecule has 0 fully saturated rings. The molecule has 3 unspecified atom stereocenters. The van der Waals surface area contributed by atoms with Gasteiger partial charge in [-0.15, -0.1) is 11.6 Å². The summed E-state index contributed by atoms with van der Waals surface area (Å²) in [5.74, 6) is 0.678. The van der Waals surface area contributed by atoms with Gasteiger partial charge in [-0.3, -0.25) is 4.79 Å². The van der Waals surface area contributed by atoms with Crippen molar-refractivity contribution in [1.82, 2.24) is 0 Å². The maximum Gasteiger partial charge on any atom is 0.321 e. The fourth-order valence-electron chi connectivity index (χ4n) is 1.94. The van der Waals surface area contributed by atoms with Gasteiger partial charge in [-0.05, 0) is 24.2 Å². The number of hydrogen-bond acceptors (Lipinski definition) is 1. The summed E-state index contributed by atoms with van der Waals surface area (Å²) in [4.78, 5) is 10.7. The summed E-state index contributed by atoms with van der Waals surface area (Å²) in [5, 5.41) is 8.04. The average Bonchev–Trinajstić information content (AvgIpc) is 2.24. The van der Waals surface area contributed by atoms with Gasteiger partial charge in [-0.2, -0.15) is 0 Å². The summed E-state index contributed by atoms with van der Waals surface area (Å²) in [6, 6.07) is 0. The maximum absolute atomic E-state index is 10.7. The van der Waals surface area contributed by atoms with Crippen LogP contribution >= 0.6 is 11.6 Å². The molecule has 0 radical (unpaired) electrons. The predicted octanol–water partition coefficient (Wildman–Crippen LogP) is 4.56. The smallest absolute Gasteiger partial charge is 0.321 e. The van der Waals surface area contributed by atoms with E-state index in [1.54, 1.807) is 0 Å². The SMILES string of the molecule is CC(C)CCC(C)CCCC(C)C(Cl)C(=O)O. The van der Waals surface area contributed by atoms with E-state index in [0.717, 1.165) is 24.7 Å². The lowest BCUT2D eigenvalue weighted by atomic mass is 9.92. The zero-order valence-corrected chi connectivity index (χ0v) is 12.3. The molecule has 0 rings (SSSR count). The molecule has 0 bridgehead atoms. The molecule has 1 N–H and O–H groups in total. The third kappa shape index (κ3) is 8.48. The molecular weight excluding hydrogens is 236 g/mol. The van der Waals surface area contributed by atoms with Crippen molar-refractivity contribution in [3.63, 3.8) is 0 Å². The fourth-order valence-corrected chi connectivity index (χ4v) is 2.07. The quantitative estimate of drug-likeness (QED) is 0.619. The van der Waals surface area contributed by atoms with E-state index >= 15 is 0 Å². The van der Waals surface area contributed by atoms with Gasteiger partial charge in [-0.1, -0.05) is 53.4 Å². The summed E-state index contributed by atoms with van der Waals surface area (Å²) >= 11 is 5.78. The van der Waals surface area contributed by atoms with E-state index in [4.69, 9.17) is 16.7 Å². The van der Waals surface area contributed by atoms with Crippen LogP contribution in [0.5, 0.6) is 0 Å². The molecule has 3 heteroatoms. The summed E-state index contributed by atoms with van der Waals surface area (Å²) in [7, 11) is 0. The minimum Gasteiger partial charge on any atom is -0.480 e. The molecule has 0 aliphatic heterocycles. The number of alkyl halides is 1. The van der Waals surface area contributed by atoms with Crippen LogP contribution in [0.25, 0.3) is 0 Å². The molecule has 0 aliphatic rings. The minimum atomic E-state index is -0.896. The molecule has 3 atom stereocenters. The first-order valence-corrected chi connectivity index (χ1v) is 7.15. The van der Waals surface area contributed by atoms with Crippen molar-refractivity contribution in [2.45, 2.75) is 65.2 Å². The van der Waals surface area contributed by atoms with Crippen molar-refractivity contribution in [3.8, 4) is 0 Å². The number of aliphatic carboxylic acids is 1. The highest BCUT2D eigenvalue weighted by molar-refractivity contribution is 6.29. The van der Waals surface area contributed by atoms with Gasteiger partial charge in [0.2, 0.25) is 0 Å². The molecule has 0 aliphatic carbocycles. The molecule has 0 saturated carbocycles. The number of carboxylic acids is 1. The summed E-state index contributed by atoms with van der Waals surface area (Å²) < 4.78 is 0. The Kier molecular flexibility index (Phi) is 8.67. The Morgan fingerprint density at radius 2 is 1.65 bits per heavy atom. The van der Waals surface area contributed by atoms with E-state index in [1.807, 2.05) is 6.92 Å². The van der Waals surface area contributed by atoms with E-state index in [1.165, 1.54) is 19.3 Å². The average molecular weight is 263 g/mol. The second-order valence-corrected chi connectivity index (χ2v) is 6.19.